The third-order valence-corrected chi connectivity index (χ3v) is 3.64. The summed E-state index contributed by atoms with van der Waals surface area (Å²) in [5.41, 5.74) is 6.56. The Hall–Kier alpha value is -0.0400. The summed E-state index contributed by atoms with van der Waals surface area (Å²) in [4.78, 5) is 0. The molecule has 1 unspecified atom stereocenters. The molecule has 0 aromatic carbocycles. The Kier molecular flexibility index (Phi) is 1.71. The van der Waals surface area contributed by atoms with Crippen molar-refractivity contribution >= 4 is 0 Å². The average molecular weight is 153 g/mol. The molecule has 2 fully saturated rings. The first-order valence-electron chi connectivity index (χ1n) is 4.96. The fraction of sp³-hybridized carbons (Fsp3) is 1.00. The SMILES string of the molecule is CC(N)CC12CCC(CC1)C2. The zero-order valence-corrected chi connectivity index (χ0v) is 7.47. The number of hydrogen-bond donors (Lipinski definition) is 1. The first-order chi connectivity index (χ1) is 5.20. The van der Waals surface area contributed by atoms with E-state index < -0.39 is 0 Å². The molecule has 1 heteroatoms. The molecule has 0 amide bonds. The summed E-state index contributed by atoms with van der Waals surface area (Å²) in [5, 5.41) is 0. The maximum Gasteiger partial charge on any atom is 0.00157 e. The van der Waals surface area contributed by atoms with Gasteiger partial charge in [-0.25, -0.2) is 0 Å². The highest BCUT2D eigenvalue weighted by molar-refractivity contribution is 4.96. The molecule has 1 nitrogen and oxygen atoms in total. The van der Waals surface area contributed by atoms with E-state index in [1.165, 1.54) is 38.5 Å². The third kappa shape index (κ3) is 1.31. The van der Waals surface area contributed by atoms with E-state index in [1.54, 1.807) is 0 Å². The molecule has 0 spiro atoms. The molecule has 11 heavy (non-hydrogen) atoms. The molecule has 0 heterocycles. The van der Waals surface area contributed by atoms with Gasteiger partial charge in [0, 0.05) is 6.04 Å². The van der Waals surface area contributed by atoms with Crippen molar-refractivity contribution in [3.63, 3.8) is 0 Å². The van der Waals surface area contributed by atoms with Crippen LogP contribution in [0.5, 0.6) is 0 Å². The van der Waals surface area contributed by atoms with Crippen LogP contribution in [0.15, 0.2) is 0 Å². The summed E-state index contributed by atoms with van der Waals surface area (Å²) < 4.78 is 0. The smallest absolute Gasteiger partial charge is 0.00157 e. The molecule has 0 aromatic heterocycles. The minimum atomic E-state index is 0.423. The van der Waals surface area contributed by atoms with Crippen LogP contribution < -0.4 is 5.73 Å². The van der Waals surface area contributed by atoms with Gasteiger partial charge in [0.05, 0.1) is 0 Å². The molecule has 2 bridgehead atoms. The molecule has 64 valence electrons. The van der Waals surface area contributed by atoms with E-state index in [2.05, 4.69) is 6.92 Å². The zero-order valence-electron chi connectivity index (χ0n) is 7.47. The monoisotopic (exact) mass is 153 g/mol. The predicted octanol–water partition coefficient (Wildman–Crippen LogP) is 2.30. The summed E-state index contributed by atoms with van der Waals surface area (Å²) in [6.45, 7) is 2.15. The summed E-state index contributed by atoms with van der Waals surface area (Å²) in [5.74, 6) is 1.08. The standard InChI is InChI=1S/C10H19N/c1-8(11)6-10-4-2-9(7-10)3-5-10/h8-9H,2-7,11H2,1H3. The van der Waals surface area contributed by atoms with Crippen LogP contribution in [0.2, 0.25) is 0 Å². The lowest BCUT2D eigenvalue weighted by molar-refractivity contribution is 0.254. The van der Waals surface area contributed by atoms with E-state index in [1.807, 2.05) is 0 Å². The molecule has 2 N–H and O–H groups in total. The molecular weight excluding hydrogens is 134 g/mol. The topological polar surface area (TPSA) is 26.0 Å². The van der Waals surface area contributed by atoms with Gasteiger partial charge in [-0.2, -0.15) is 0 Å². The van der Waals surface area contributed by atoms with Crippen molar-refractivity contribution in [2.45, 2.75) is 51.5 Å². The molecular formula is C10H19N. The number of fused-ring (bicyclic) bond motifs is 2. The Bertz CT molecular complexity index is 143. The van der Waals surface area contributed by atoms with Crippen molar-refractivity contribution < 1.29 is 0 Å². The zero-order chi connectivity index (χ0) is 7.90. The summed E-state index contributed by atoms with van der Waals surface area (Å²) in [7, 11) is 0. The van der Waals surface area contributed by atoms with E-state index in [0.717, 1.165) is 5.92 Å². The van der Waals surface area contributed by atoms with Crippen LogP contribution in [0.4, 0.5) is 0 Å². The van der Waals surface area contributed by atoms with Crippen LogP contribution in [-0.2, 0) is 0 Å². The Balaban J connectivity index is 1.99. The van der Waals surface area contributed by atoms with Crippen molar-refractivity contribution in [2.75, 3.05) is 0 Å². The summed E-state index contributed by atoms with van der Waals surface area (Å²) in [6, 6.07) is 0.423. The van der Waals surface area contributed by atoms with E-state index >= 15 is 0 Å². The van der Waals surface area contributed by atoms with Crippen LogP contribution in [-0.4, -0.2) is 6.04 Å². The molecule has 1 atom stereocenters. The van der Waals surface area contributed by atoms with Crippen LogP contribution in [0.3, 0.4) is 0 Å². The first kappa shape index (κ1) is 7.60. The van der Waals surface area contributed by atoms with Crippen molar-refractivity contribution in [3.8, 4) is 0 Å². The maximum atomic E-state index is 5.85. The van der Waals surface area contributed by atoms with Gasteiger partial charge < -0.3 is 5.73 Å². The third-order valence-electron chi connectivity index (χ3n) is 3.64. The lowest BCUT2D eigenvalue weighted by atomic mass is 9.79. The summed E-state index contributed by atoms with van der Waals surface area (Å²) in [6.07, 6.45) is 8.70. The second-order valence-corrected chi connectivity index (χ2v) is 4.83. The minimum Gasteiger partial charge on any atom is -0.328 e. The fourth-order valence-corrected chi connectivity index (χ4v) is 3.28. The van der Waals surface area contributed by atoms with Gasteiger partial charge in [0.25, 0.3) is 0 Å². The molecule has 0 aromatic rings. The fourth-order valence-electron chi connectivity index (χ4n) is 3.28. The van der Waals surface area contributed by atoms with Gasteiger partial charge in [0.1, 0.15) is 0 Å². The molecule has 0 saturated heterocycles. The van der Waals surface area contributed by atoms with Crippen molar-refractivity contribution in [2.24, 2.45) is 17.1 Å². The number of hydrogen-bond acceptors (Lipinski definition) is 1. The highest BCUT2D eigenvalue weighted by Crippen LogP contribution is 2.56. The molecule has 2 rings (SSSR count). The average Bonchev–Trinajstić information content (AvgIpc) is 2.43. The van der Waals surface area contributed by atoms with Crippen LogP contribution in [0, 0.1) is 11.3 Å². The van der Waals surface area contributed by atoms with Crippen LogP contribution in [0.25, 0.3) is 0 Å². The Morgan fingerprint density at radius 3 is 2.45 bits per heavy atom. The van der Waals surface area contributed by atoms with Gasteiger partial charge in [-0.05, 0) is 56.8 Å². The van der Waals surface area contributed by atoms with Crippen molar-refractivity contribution in [1.82, 2.24) is 0 Å². The highest BCUT2D eigenvalue weighted by Gasteiger charge is 2.44. The Morgan fingerprint density at radius 2 is 2.09 bits per heavy atom. The number of nitrogens with two attached hydrogens (primary N) is 1. The van der Waals surface area contributed by atoms with Gasteiger partial charge in [-0.15, -0.1) is 0 Å². The quantitative estimate of drug-likeness (QED) is 0.647. The number of rotatable bonds is 2. The lowest BCUT2D eigenvalue weighted by Gasteiger charge is -2.28. The maximum absolute atomic E-state index is 5.85. The minimum absolute atomic E-state index is 0.423. The largest absolute Gasteiger partial charge is 0.328 e. The van der Waals surface area contributed by atoms with E-state index in [4.69, 9.17) is 5.73 Å². The Morgan fingerprint density at radius 1 is 1.45 bits per heavy atom. The van der Waals surface area contributed by atoms with Crippen LogP contribution in [0.1, 0.15) is 45.4 Å². The second kappa shape index (κ2) is 2.48. The molecule has 2 aliphatic rings. The lowest BCUT2D eigenvalue weighted by Crippen LogP contribution is -2.26. The van der Waals surface area contributed by atoms with Gasteiger partial charge in [-0.1, -0.05) is 0 Å². The molecule has 0 radical (unpaired) electrons. The van der Waals surface area contributed by atoms with E-state index in [9.17, 15) is 0 Å². The molecule has 0 aliphatic heterocycles. The van der Waals surface area contributed by atoms with Crippen molar-refractivity contribution in [3.05, 3.63) is 0 Å². The van der Waals surface area contributed by atoms with Gasteiger partial charge >= 0.3 is 0 Å². The highest BCUT2D eigenvalue weighted by atomic mass is 14.6. The van der Waals surface area contributed by atoms with E-state index in [-0.39, 0.29) is 0 Å². The molecule has 2 aliphatic carbocycles. The van der Waals surface area contributed by atoms with Crippen LogP contribution >= 0.6 is 0 Å². The van der Waals surface area contributed by atoms with Crippen molar-refractivity contribution in [1.29, 1.82) is 0 Å². The van der Waals surface area contributed by atoms with E-state index in [0.29, 0.717) is 11.5 Å². The van der Waals surface area contributed by atoms with Gasteiger partial charge in [-0.3, -0.25) is 0 Å². The van der Waals surface area contributed by atoms with Gasteiger partial charge in [0.15, 0.2) is 0 Å². The van der Waals surface area contributed by atoms with Gasteiger partial charge in [0.2, 0.25) is 0 Å². The Labute approximate surface area is 69.4 Å². The molecule has 2 saturated carbocycles. The normalized spacial score (nSPS) is 44.7. The first-order valence-corrected chi connectivity index (χ1v) is 4.96. The second-order valence-electron chi connectivity index (χ2n) is 4.83. The predicted molar refractivity (Wildman–Crippen MR) is 47.3 cm³/mol. The summed E-state index contributed by atoms with van der Waals surface area (Å²) >= 11 is 0.